The molecule has 172 valence electrons. The molecule has 0 bridgehead atoms. The number of hydrogen-bond donors (Lipinski definition) is 0. The Hall–Kier alpha value is -1.86. The van der Waals surface area contributed by atoms with Crippen molar-refractivity contribution in [1.29, 1.82) is 0 Å². The van der Waals surface area contributed by atoms with Gasteiger partial charge in [-0.2, -0.15) is 0 Å². The Morgan fingerprint density at radius 2 is 1.94 bits per heavy atom. The van der Waals surface area contributed by atoms with Crippen LogP contribution in [0, 0.1) is 6.92 Å². The molecule has 0 saturated heterocycles. The van der Waals surface area contributed by atoms with Crippen molar-refractivity contribution in [3.05, 3.63) is 40.7 Å². The fourth-order valence-electron chi connectivity index (χ4n) is 5.27. The van der Waals surface area contributed by atoms with E-state index in [-0.39, 0.29) is 17.4 Å². The molecule has 2 aliphatic rings. The molecule has 2 aliphatic carbocycles. The largest absolute Gasteiger partial charge is 0.328 e. The van der Waals surface area contributed by atoms with Crippen LogP contribution in [0.2, 0.25) is 5.02 Å². The van der Waals surface area contributed by atoms with Gasteiger partial charge >= 0.3 is 0 Å². The van der Waals surface area contributed by atoms with Gasteiger partial charge in [0.05, 0.1) is 5.75 Å². The summed E-state index contributed by atoms with van der Waals surface area (Å²) in [6.07, 6.45) is 8.77. The van der Waals surface area contributed by atoms with Crippen molar-refractivity contribution in [2.75, 3.05) is 12.8 Å². The van der Waals surface area contributed by atoms with Crippen molar-refractivity contribution < 1.29 is 9.59 Å². The smallest absolute Gasteiger partial charge is 0.233 e. The third-order valence-electron chi connectivity index (χ3n) is 7.02. The summed E-state index contributed by atoms with van der Waals surface area (Å²) in [5, 5.41) is 9.96. The van der Waals surface area contributed by atoms with Crippen LogP contribution in [0.15, 0.2) is 29.4 Å². The van der Waals surface area contributed by atoms with Gasteiger partial charge in [-0.15, -0.1) is 10.2 Å². The number of aryl methyl sites for hydroxylation is 1. The number of benzene rings is 1. The molecule has 2 saturated carbocycles. The van der Waals surface area contributed by atoms with Crippen LogP contribution < -0.4 is 0 Å². The van der Waals surface area contributed by atoms with Crippen molar-refractivity contribution in [2.24, 2.45) is 0 Å². The fraction of sp³-hybridized carbons (Fsp3) is 0.583. The fourth-order valence-corrected chi connectivity index (χ4v) is 6.53. The average molecular weight is 475 g/mol. The number of ketones is 1. The second-order valence-electron chi connectivity index (χ2n) is 8.90. The van der Waals surface area contributed by atoms with Crippen LogP contribution in [0.1, 0.15) is 75.2 Å². The third-order valence-corrected chi connectivity index (χ3v) is 8.28. The molecule has 0 spiro atoms. The number of Topliss-reactive ketones (excluding diaryl/α,β-unsaturated/α-hetero) is 1. The number of hydrogen-bond acceptors (Lipinski definition) is 5. The van der Waals surface area contributed by atoms with Crippen molar-refractivity contribution in [2.45, 2.75) is 81.4 Å². The predicted octanol–water partition coefficient (Wildman–Crippen LogP) is 5.33. The maximum Gasteiger partial charge on any atom is 0.233 e. The summed E-state index contributed by atoms with van der Waals surface area (Å²) in [6.45, 7) is 1.98. The molecule has 0 radical (unpaired) electrons. The molecular weight excluding hydrogens is 444 g/mol. The first-order chi connectivity index (χ1) is 15.4. The van der Waals surface area contributed by atoms with Crippen molar-refractivity contribution in [3.8, 4) is 0 Å². The maximum atomic E-state index is 13.4. The minimum absolute atomic E-state index is 0.0684. The van der Waals surface area contributed by atoms with Crippen molar-refractivity contribution in [1.82, 2.24) is 19.7 Å². The van der Waals surface area contributed by atoms with Crippen LogP contribution in [-0.2, 0) is 15.1 Å². The number of aromatic nitrogens is 3. The molecule has 1 heterocycles. The van der Waals surface area contributed by atoms with E-state index in [1.165, 1.54) is 31.0 Å². The van der Waals surface area contributed by atoms with Gasteiger partial charge in [0.15, 0.2) is 10.9 Å². The van der Waals surface area contributed by atoms with Gasteiger partial charge in [0.1, 0.15) is 11.4 Å². The van der Waals surface area contributed by atoms with Gasteiger partial charge in [-0.05, 0) is 45.1 Å². The van der Waals surface area contributed by atoms with E-state index in [0.717, 1.165) is 42.2 Å². The maximum absolute atomic E-state index is 13.4. The van der Waals surface area contributed by atoms with Crippen LogP contribution in [-0.4, -0.2) is 44.2 Å². The molecule has 0 aliphatic heterocycles. The lowest BCUT2D eigenvalue weighted by Crippen LogP contribution is -2.54. The Balaban J connectivity index is 1.55. The van der Waals surface area contributed by atoms with Gasteiger partial charge < -0.3 is 9.47 Å². The normalized spacial score (nSPS) is 22.2. The number of carbonyl (C=O) groups excluding carboxylic acids is 2. The minimum Gasteiger partial charge on any atom is -0.328 e. The van der Waals surface area contributed by atoms with Gasteiger partial charge in [-0.1, -0.05) is 60.8 Å². The van der Waals surface area contributed by atoms with E-state index in [0.29, 0.717) is 23.9 Å². The molecular formula is C24H31ClN4O2S. The third kappa shape index (κ3) is 4.34. The first-order valence-corrected chi connectivity index (χ1v) is 12.9. The number of rotatable bonds is 6. The molecule has 1 aromatic carbocycles. The zero-order chi connectivity index (χ0) is 22.7. The number of likely N-dealkylation sites (N-methyl/N-ethyl adjacent to an activating group) is 1. The molecule has 2 fully saturated rings. The van der Waals surface area contributed by atoms with Crippen LogP contribution in [0.3, 0.4) is 0 Å². The Morgan fingerprint density at radius 3 is 2.66 bits per heavy atom. The lowest BCUT2D eigenvalue weighted by molar-refractivity contribution is -0.146. The number of halogens is 1. The van der Waals surface area contributed by atoms with Crippen molar-refractivity contribution in [3.63, 3.8) is 0 Å². The van der Waals surface area contributed by atoms with Gasteiger partial charge in [0, 0.05) is 30.1 Å². The SMILES string of the molecule is Cc1nnc(SCC(=O)N(C)[C@]2(c3ccccc3Cl)CCCCC2=O)n1C1CCCCC1. The molecule has 0 N–H and O–H groups in total. The highest BCUT2D eigenvalue weighted by Gasteiger charge is 2.47. The number of thioether (sulfide) groups is 1. The van der Waals surface area contributed by atoms with Crippen LogP contribution in [0.25, 0.3) is 0 Å². The van der Waals surface area contributed by atoms with Gasteiger partial charge in [0.25, 0.3) is 0 Å². The summed E-state index contributed by atoms with van der Waals surface area (Å²) < 4.78 is 2.20. The molecule has 1 amide bonds. The molecule has 0 unspecified atom stereocenters. The van der Waals surface area contributed by atoms with Gasteiger partial charge in [-0.25, -0.2) is 0 Å². The monoisotopic (exact) mass is 474 g/mol. The lowest BCUT2D eigenvalue weighted by atomic mass is 9.74. The van der Waals surface area contributed by atoms with E-state index < -0.39 is 5.54 Å². The summed E-state index contributed by atoms with van der Waals surface area (Å²) in [4.78, 5) is 28.3. The Kier molecular flexibility index (Phi) is 7.25. The average Bonchev–Trinajstić information content (AvgIpc) is 3.18. The van der Waals surface area contributed by atoms with Crippen LogP contribution in [0.5, 0.6) is 0 Å². The second kappa shape index (κ2) is 9.96. The molecule has 2 aromatic rings. The topological polar surface area (TPSA) is 68.1 Å². The standard InChI is InChI=1S/C24H31ClN4O2S/c1-17-26-27-23(29(17)18-10-4-3-5-11-18)32-16-22(31)28(2)24(15-9-8-14-21(24)30)19-12-6-7-13-20(19)25/h6-7,12-13,18H,3-5,8-11,14-16H2,1-2H3/t24-/m0/s1. The van der Waals surface area contributed by atoms with Crippen LogP contribution >= 0.6 is 23.4 Å². The minimum atomic E-state index is -0.999. The molecule has 6 nitrogen and oxygen atoms in total. The van der Waals surface area contributed by atoms with E-state index in [1.807, 2.05) is 25.1 Å². The van der Waals surface area contributed by atoms with E-state index in [2.05, 4.69) is 14.8 Å². The highest BCUT2D eigenvalue weighted by molar-refractivity contribution is 7.99. The quantitative estimate of drug-likeness (QED) is 0.529. The summed E-state index contributed by atoms with van der Waals surface area (Å²) in [5.41, 5.74) is -0.269. The predicted molar refractivity (Wildman–Crippen MR) is 127 cm³/mol. The molecule has 4 rings (SSSR count). The Labute approximate surface area is 199 Å². The summed E-state index contributed by atoms with van der Waals surface area (Å²) in [6, 6.07) is 7.82. The number of carbonyl (C=O) groups is 2. The first-order valence-electron chi connectivity index (χ1n) is 11.5. The van der Waals surface area contributed by atoms with E-state index >= 15 is 0 Å². The summed E-state index contributed by atoms with van der Waals surface area (Å²) in [5.74, 6) is 1.08. The number of nitrogens with zero attached hydrogens (tertiary/aromatic N) is 4. The van der Waals surface area contributed by atoms with Crippen molar-refractivity contribution >= 4 is 35.1 Å². The zero-order valence-corrected chi connectivity index (χ0v) is 20.4. The van der Waals surface area contributed by atoms with Gasteiger partial charge in [-0.3, -0.25) is 9.59 Å². The van der Waals surface area contributed by atoms with E-state index in [4.69, 9.17) is 11.6 Å². The molecule has 8 heteroatoms. The van der Waals surface area contributed by atoms with Crippen LogP contribution in [0.4, 0.5) is 0 Å². The van der Waals surface area contributed by atoms with E-state index in [1.54, 1.807) is 18.0 Å². The molecule has 1 atom stereocenters. The Bertz CT molecular complexity index is 988. The Morgan fingerprint density at radius 1 is 1.19 bits per heavy atom. The van der Waals surface area contributed by atoms with Gasteiger partial charge in [0.2, 0.25) is 5.91 Å². The molecule has 1 aromatic heterocycles. The van der Waals surface area contributed by atoms with E-state index in [9.17, 15) is 9.59 Å². The second-order valence-corrected chi connectivity index (χ2v) is 10.3. The summed E-state index contributed by atoms with van der Waals surface area (Å²) >= 11 is 7.94. The summed E-state index contributed by atoms with van der Waals surface area (Å²) in [7, 11) is 1.74. The highest BCUT2D eigenvalue weighted by atomic mass is 35.5. The lowest BCUT2D eigenvalue weighted by Gasteiger charge is -2.44. The molecule has 32 heavy (non-hydrogen) atoms. The highest BCUT2D eigenvalue weighted by Crippen LogP contribution is 2.42. The first kappa shape index (κ1) is 23.3. The number of amides is 1. The zero-order valence-electron chi connectivity index (χ0n) is 18.8.